The summed E-state index contributed by atoms with van der Waals surface area (Å²) < 4.78 is 0. The molecule has 1 N–H and O–H groups in total. The van der Waals surface area contributed by atoms with Crippen molar-refractivity contribution in [3.63, 3.8) is 0 Å². The molecule has 0 radical (unpaired) electrons. The van der Waals surface area contributed by atoms with E-state index < -0.39 is 0 Å². The Hall–Kier alpha value is -0.0800. The van der Waals surface area contributed by atoms with E-state index in [9.17, 15) is 0 Å². The highest BCUT2D eigenvalue weighted by atomic mass is 15.1. The lowest BCUT2D eigenvalue weighted by atomic mass is 10.0. The molecule has 2 aliphatic rings. The number of nitrogens with one attached hydrogen (secondary N) is 1. The molecule has 1 saturated carbocycles. The first-order valence-corrected chi connectivity index (χ1v) is 5.20. The molecule has 0 aromatic carbocycles. The van der Waals surface area contributed by atoms with E-state index in [1.807, 2.05) is 0 Å². The average molecular weight is 168 g/mol. The second-order valence-electron chi connectivity index (χ2n) is 4.54. The summed E-state index contributed by atoms with van der Waals surface area (Å²) >= 11 is 0. The largest absolute Gasteiger partial charge is 0.311 e. The van der Waals surface area contributed by atoms with Crippen LogP contribution in [0.1, 0.15) is 26.2 Å². The summed E-state index contributed by atoms with van der Waals surface area (Å²) in [7, 11) is 2.23. The van der Waals surface area contributed by atoms with Gasteiger partial charge in [0.05, 0.1) is 0 Å². The molecule has 2 atom stereocenters. The van der Waals surface area contributed by atoms with E-state index >= 15 is 0 Å². The van der Waals surface area contributed by atoms with Crippen LogP contribution in [0.25, 0.3) is 0 Å². The standard InChI is InChI=1S/C10H20N2/c1-8(11-10-3-4-10)9-5-6-12(2)7-9/h8-11H,3-7H2,1-2H3. The van der Waals surface area contributed by atoms with E-state index in [4.69, 9.17) is 0 Å². The number of hydrogen-bond donors (Lipinski definition) is 1. The van der Waals surface area contributed by atoms with Crippen molar-refractivity contribution >= 4 is 0 Å². The molecule has 1 saturated heterocycles. The maximum Gasteiger partial charge on any atom is 0.00822 e. The molecule has 0 bridgehead atoms. The molecule has 2 heteroatoms. The Kier molecular flexibility index (Phi) is 2.37. The number of nitrogens with zero attached hydrogens (tertiary/aromatic N) is 1. The molecule has 70 valence electrons. The summed E-state index contributed by atoms with van der Waals surface area (Å²) in [6.45, 7) is 4.93. The van der Waals surface area contributed by atoms with Crippen molar-refractivity contribution < 1.29 is 0 Å². The van der Waals surface area contributed by atoms with Gasteiger partial charge in [-0.3, -0.25) is 0 Å². The van der Waals surface area contributed by atoms with E-state index in [-0.39, 0.29) is 0 Å². The van der Waals surface area contributed by atoms with Gasteiger partial charge in [-0.1, -0.05) is 0 Å². The average Bonchev–Trinajstić information content (AvgIpc) is 2.72. The minimum Gasteiger partial charge on any atom is -0.311 e. The Morgan fingerprint density at radius 1 is 1.33 bits per heavy atom. The van der Waals surface area contributed by atoms with Crippen LogP contribution in [0.3, 0.4) is 0 Å². The molecule has 2 nitrogen and oxygen atoms in total. The monoisotopic (exact) mass is 168 g/mol. The summed E-state index contributed by atoms with van der Waals surface area (Å²) in [5, 5.41) is 3.69. The van der Waals surface area contributed by atoms with Crippen molar-refractivity contribution in [3.8, 4) is 0 Å². The zero-order valence-corrected chi connectivity index (χ0v) is 8.21. The molecule has 12 heavy (non-hydrogen) atoms. The van der Waals surface area contributed by atoms with E-state index in [1.54, 1.807) is 0 Å². The van der Waals surface area contributed by atoms with Crippen LogP contribution < -0.4 is 5.32 Å². The fourth-order valence-corrected chi connectivity index (χ4v) is 2.14. The fourth-order valence-electron chi connectivity index (χ4n) is 2.14. The second kappa shape index (κ2) is 3.35. The quantitative estimate of drug-likeness (QED) is 0.678. The summed E-state index contributed by atoms with van der Waals surface area (Å²) in [6, 6.07) is 1.60. The Balaban J connectivity index is 1.74. The highest BCUT2D eigenvalue weighted by Crippen LogP contribution is 2.24. The van der Waals surface area contributed by atoms with Crippen LogP contribution in [-0.2, 0) is 0 Å². The third-order valence-corrected chi connectivity index (χ3v) is 3.21. The van der Waals surface area contributed by atoms with Crippen molar-refractivity contribution in [1.82, 2.24) is 10.2 Å². The number of likely N-dealkylation sites (tertiary alicyclic amines) is 1. The SMILES string of the molecule is CC(NC1CC1)C1CCN(C)C1. The molecule has 0 amide bonds. The van der Waals surface area contributed by atoms with Gasteiger partial charge in [0.25, 0.3) is 0 Å². The number of hydrogen-bond acceptors (Lipinski definition) is 2. The lowest BCUT2D eigenvalue weighted by Gasteiger charge is -2.20. The number of rotatable bonds is 3. The first kappa shape index (κ1) is 8.52. The molecular weight excluding hydrogens is 148 g/mol. The minimum atomic E-state index is 0.738. The van der Waals surface area contributed by atoms with Crippen molar-refractivity contribution in [2.24, 2.45) is 5.92 Å². The van der Waals surface area contributed by atoms with Crippen molar-refractivity contribution in [2.75, 3.05) is 20.1 Å². The first-order valence-electron chi connectivity index (χ1n) is 5.20. The van der Waals surface area contributed by atoms with Crippen LogP contribution in [-0.4, -0.2) is 37.1 Å². The second-order valence-corrected chi connectivity index (χ2v) is 4.54. The summed E-state index contributed by atoms with van der Waals surface area (Å²) in [5.41, 5.74) is 0. The molecule has 1 aliphatic carbocycles. The van der Waals surface area contributed by atoms with Crippen LogP contribution in [0, 0.1) is 5.92 Å². The maximum atomic E-state index is 3.69. The zero-order valence-electron chi connectivity index (χ0n) is 8.21. The lowest BCUT2D eigenvalue weighted by molar-refractivity contribution is 0.346. The van der Waals surface area contributed by atoms with Gasteiger partial charge >= 0.3 is 0 Å². The molecule has 2 rings (SSSR count). The zero-order chi connectivity index (χ0) is 8.55. The van der Waals surface area contributed by atoms with Crippen LogP contribution >= 0.6 is 0 Å². The molecular formula is C10H20N2. The third kappa shape index (κ3) is 1.99. The highest BCUT2D eigenvalue weighted by molar-refractivity contribution is 4.88. The van der Waals surface area contributed by atoms with Gasteiger partial charge in [0.1, 0.15) is 0 Å². The molecule has 0 spiro atoms. The summed E-state index contributed by atoms with van der Waals surface area (Å²) in [4.78, 5) is 2.44. The van der Waals surface area contributed by atoms with Gasteiger partial charge in [-0.2, -0.15) is 0 Å². The summed E-state index contributed by atoms with van der Waals surface area (Å²) in [6.07, 6.45) is 4.21. The Bertz CT molecular complexity index is 154. The van der Waals surface area contributed by atoms with Gasteiger partial charge in [-0.25, -0.2) is 0 Å². The van der Waals surface area contributed by atoms with Crippen LogP contribution in [0.2, 0.25) is 0 Å². The Morgan fingerprint density at radius 3 is 2.58 bits per heavy atom. The van der Waals surface area contributed by atoms with Gasteiger partial charge in [0.2, 0.25) is 0 Å². The van der Waals surface area contributed by atoms with Gasteiger partial charge < -0.3 is 10.2 Å². The molecule has 1 heterocycles. The van der Waals surface area contributed by atoms with Crippen LogP contribution in [0.5, 0.6) is 0 Å². The van der Waals surface area contributed by atoms with Gasteiger partial charge in [-0.05, 0) is 45.7 Å². The van der Waals surface area contributed by atoms with Crippen molar-refractivity contribution in [3.05, 3.63) is 0 Å². The first-order chi connectivity index (χ1) is 5.75. The molecule has 2 fully saturated rings. The highest BCUT2D eigenvalue weighted by Gasteiger charge is 2.29. The topological polar surface area (TPSA) is 15.3 Å². The Morgan fingerprint density at radius 2 is 2.08 bits per heavy atom. The van der Waals surface area contributed by atoms with Crippen LogP contribution in [0.15, 0.2) is 0 Å². The van der Waals surface area contributed by atoms with E-state index in [0.29, 0.717) is 0 Å². The normalized spacial score (nSPS) is 34.0. The third-order valence-electron chi connectivity index (χ3n) is 3.21. The van der Waals surface area contributed by atoms with E-state index in [2.05, 4.69) is 24.2 Å². The predicted molar refractivity (Wildman–Crippen MR) is 51.2 cm³/mol. The predicted octanol–water partition coefficient (Wildman–Crippen LogP) is 1.08. The molecule has 2 unspecified atom stereocenters. The molecule has 1 aliphatic heterocycles. The smallest absolute Gasteiger partial charge is 0.00822 e. The lowest BCUT2D eigenvalue weighted by Crippen LogP contribution is -2.36. The van der Waals surface area contributed by atoms with Gasteiger partial charge in [-0.15, -0.1) is 0 Å². The van der Waals surface area contributed by atoms with Crippen molar-refractivity contribution in [1.29, 1.82) is 0 Å². The van der Waals surface area contributed by atoms with Crippen molar-refractivity contribution in [2.45, 2.75) is 38.3 Å². The van der Waals surface area contributed by atoms with Gasteiger partial charge in [0, 0.05) is 18.6 Å². The summed E-state index contributed by atoms with van der Waals surface area (Å²) in [5.74, 6) is 0.899. The Labute approximate surface area is 75.3 Å². The molecule has 0 aromatic heterocycles. The van der Waals surface area contributed by atoms with Gasteiger partial charge in [0.15, 0.2) is 0 Å². The minimum absolute atomic E-state index is 0.738. The van der Waals surface area contributed by atoms with Crippen LogP contribution in [0.4, 0.5) is 0 Å². The molecule has 0 aromatic rings. The van der Waals surface area contributed by atoms with E-state index in [1.165, 1.54) is 32.4 Å². The maximum absolute atomic E-state index is 3.69. The fraction of sp³-hybridized carbons (Fsp3) is 1.00. The van der Waals surface area contributed by atoms with E-state index in [0.717, 1.165) is 18.0 Å².